The van der Waals surface area contributed by atoms with Crippen LogP contribution in [0.1, 0.15) is 46.0 Å². The minimum atomic E-state index is -0.335. The number of benzene rings is 1. The van der Waals surface area contributed by atoms with Crippen molar-refractivity contribution in [3.05, 3.63) is 58.9 Å². The highest BCUT2D eigenvalue weighted by Crippen LogP contribution is 2.14. The third kappa shape index (κ3) is 4.91. The molecular weight excluding hydrogens is 302 g/mol. The van der Waals surface area contributed by atoms with E-state index in [0.29, 0.717) is 18.2 Å². The lowest BCUT2D eigenvalue weighted by atomic mass is 10.1. The lowest BCUT2D eigenvalue weighted by Gasteiger charge is -2.09. The van der Waals surface area contributed by atoms with Crippen molar-refractivity contribution >= 4 is 17.5 Å². The third-order valence-corrected chi connectivity index (χ3v) is 3.36. The Labute approximate surface area is 142 Å². The summed E-state index contributed by atoms with van der Waals surface area (Å²) in [5.74, 6) is -0.256. The molecule has 0 aliphatic carbocycles. The van der Waals surface area contributed by atoms with Crippen LogP contribution in [0.3, 0.4) is 0 Å². The Balaban J connectivity index is 2.12. The predicted octanol–water partition coefficient (Wildman–Crippen LogP) is 3.34. The van der Waals surface area contributed by atoms with Crippen LogP contribution in [0.2, 0.25) is 0 Å². The van der Waals surface area contributed by atoms with Gasteiger partial charge in [-0.3, -0.25) is 9.59 Å². The number of carbonyl (C=O) groups is 2. The largest absolute Gasteiger partial charge is 0.350 e. The molecule has 2 rings (SSSR count). The topological polar surface area (TPSA) is 71.1 Å². The van der Waals surface area contributed by atoms with Crippen LogP contribution in [-0.4, -0.2) is 23.3 Å². The number of amides is 2. The fourth-order valence-corrected chi connectivity index (χ4v) is 2.32. The molecule has 1 aromatic carbocycles. The highest BCUT2D eigenvalue weighted by atomic mass is 16.2. The first-order valence-electron chi connectivity index (χ1n) is 8.00. The molecule has 5 nitrogen and oxygen atoms in total. The van der Waals surface area contributed by atoms with Crippen molar-refractivity contribution in [3.8, 4) is 0 Å². The molecule has 0 atom stereocenters. The molecule has 0 radical (unpaired) electrons. The molecule has 126 valence electrons. The van der Waals surface area contributed by atoms with Crippen LogP contribution in [0.25, 0.3) is 0 Å². The number of rotatable bonds is 5. The smallest absolute Gasteiger partial charge is 0.274 e. The fourth-order valence-electron chi connectivity index (χ4n) is 2.32. The maximum atomic E-state index is 12.4. The zero-order valence-electron chi connectivity index (χ0n) is 14.5. The van der Waals surface area contributed by atoms with Gasteiger partial charge >= 0.3 is 0 Å². The number of anilines is 1. The second-order valence-electron chi connectivity index (χ2n) is 6.34. The fraction of sp³-hybridized carbons (Fsp3) is 0.316. The van der Waals surface area contributed by atoms with Gasteiger partial charge in [-0.25, -0.2) is 4.98 Å². The highest BCUT2D eigenvalue weighted by Gasteiger charge is 2.13. The van der Waals surface area contributed by atoms with Crippen LogP contribution in [-0.2, 0) is 0 Å². The Kier molecular flexibility index (Phi) is 5.68. The van der Waals surface area contributed by atoms with Crippen LogP contribution >= 0.6 is 0 Å². The third-order valence-electron chi connectivity index (χ3n) is 3.36. The van der Waals surface area contributed by atoms with Crippen molar-refractivity contribution in [3.63, 3.8) is 0 Å². The average Bonchev–Trinajstić information content (AvgIpc) is 2.51. The molecule has 0 saturated heterocycles. The van der Waals surface area contributed by atoms with E-state index >= 15 is 0 Å². The lowest BCUT2D eigenvalue weighted by molar-refractivity contribution is 0.0944. The molecule has 0 saturated carbocycles. The van der Waals surface area contributed by atoms with Crippen LogP contribution in [0.5, 0.6) is 0 Å². The second-order valence-corrected chi connectivity index (χ2v) is 6.34. The van der Waals surface area contributed by atoms with Gasteiger partial charge in [0.05, 0.1) is 0 Å². The molecule has 2 N–H and O–H groups in total. The predicted molar refractivity (Wildman–Crippen MR) is 95.3 cm³/mol. The first-order chi connectivity index (χ1) is 11.3. The van der Waals surface area contributed by atoms with Crippen molar-refractivity contribution in [2.45, 2.75) is 27.7 Å². The molecule has 0 spiro atoms. The maximum Gasteiger partial charge on any atom is 0.274 e. The Morgan fingerprint density at radius 2 is 1.58 bits per heavy atom. The summed E-state index contributed by atoms with van der Waals surface area (Å²) in [5.41, 5.74) is 3.31. The number of nitrogens with one attached hydrogen (secondary N) is 2. The van der Waals surface area contributed by atoms with Gasteiger partial charge < -0.3 is 10.6 Å². The standard InChI is InChI=1S/C19H23N3O2/c1-12(2)11-20-18(23)16-6-5-7-17(22-16)19(24)21-15-9-13(3)8-14(4)10-15/h5-10,12H,11H2,1-4H3,(H,20,23)(H,21,24). The summed E-state index contributed by atoms with van der Waals surface area (Å²) in [7, 11) is 0. The van der Waals surface area contributed by atoms with Crippen molar-refractivity contribution in [1.82, 2.24) is 10.3 Å². The van der Waals surface area contributed by atoms with Crippen LogP contribution in [0.15, 0.2) is 36.4 Å². The molecule has 0 bridgehead atoms. The number of aryl methyl sites for hydroxylation is 2. The molecule has 0 aliphatic rings. The molecule has 24 heavy (non-hydrogen) atoms. The quantitative estimate of drug-likeness (QED) is 0.885. The van der Waals surface area contributed by atoms with Gasteiger partial charge in [0.25, 0.3) is 11.8 Å². The number of carbonyl (C=O) groups excluding carboxylic acids is 2. The van der Waals surface area contributed by atoms with Gasteiger partial charge in [0.15, 0.2) is 0 Å². The Hall–Kier alpha value is -2.69. The monoisotopic (exact) mass is 325 g/mol. The second kappa shape index (κ2) is 7.73. The summed E-state index contributed by atoms with van der Waals surface area (Å²) in [5, 5.41) is 5.62. The van der Waals surface area contributed by atoms with Gasteiger partial charge in [-0.2, -0.15) is 0 Å². The molecule has 1 heterocycles. The van der Waals surface area contributed by atoms with E-state index in [4.69, 9.17) is 0 Å². The summed E-state index contributed by atoms with van der Waals surface area (Å²) in [4.78, 5) is 28.6. The first-order valence-corrected chi connectivity index (χ1v) is 8.00. The van der Waals surface area contributed by atoms with Gasteiger partial charge in [0, 0.05) is 12.2 Å². The van der Waals surface area contributed by atoms with E-state index in [1.807, 2.05) is 45.9 Å². The molecule has 0 aliphatic heterocycles. The van der Waals surface area contributed by atoms with Gasteiger partial charge in [0.1, 0.15) is 11.4 Å². The normalized spacial score (nSPS) is 10.5. The van der Waals surface area contributed by atoms with Crippen molar-refractivity contribution in [2.75, 3.05) is 11.9 Å². The number of hydrogen-bond acceptors (Lipinski definition) is 3. The molecule has 1 aromatic heterocycles. The van der Waals surface area contributed by atoms with Gasteiger partial charge in [0.2, 0.25) is 0 Å². The maximum absolute atomic E-state index is 12.4. The van der Waals surface area contributed by atoms with Crippen molar-refractivity contribution in [2.24, 2.45) is 5.92 Å². The van der Waals surface area contributed by atoms with E-state index in [9.17, 15) is 9.59 Å². The van der Waals surface area contributed by atoms with Crippen LogP contribution in [0.4, 0.5) is 5.69 Å². The molecule has 5 heteroatoms. The van der Waals surface area contributed by atoms with E-state index in [1.165, 1.54) is 0 Å². The summed E-state index contributed by atoms with van der Waals surface area (Å²) in [6.45, 7) is 8.55. The number of aromatic nitrogens is 1. The van der Waals surface area contributed by atoms with Crippen molar-refractivity contribution in [1.29, 1.82) is 0 Å². The Morgan fingerprint density at radius 3 is 2.17 bits per heavy atom. The summed E-state index contributed by atoms with van der Waals surface area (Å²) in [6, 6.07) is 10.7. The zero-order chi connectivity index (χ0) is 17.7. The van der Waals surface area contributed by atoms with E-state index in [0.717, 1.165) is 11.1 Å². The number of nitrogens with zero attached hydrogens (tertiary/aromatic N) is 1. The summed E-state index contributed by atoms with van der Waals surface area (Å²) < 4.78 is 0. The Bertz CT molecular complexity index is 734. The van der Waals surface area contributed by atoms with Crippen molar-refractivity contribution < 1.29 is 9.59 Å². The minimum absolute atomic E-state index is 0.214. The van der Waals surface area contributed by atoms with E-state index < -0.39 is 0 Å². The Morgan fingerprint density at radius 1 is 1.00 bits per heavy atom. The van der Waals surface area contributed by atoms with Gasteiger partial charge in [-0.1, -0.05) is 26.0 Å². The molecular formula is C19H23N3O2. The molecule has 0 fully saturated rings. The number of pyridine rings is 1. The first kappa shape index (κ1) is 17.7. The summed E-state index contributed by atoms with van der Waals surface area (Å²) in [6.07, 6.45) is 0. The van der Waals surface area contributed by atoms with E-state index in [2.05, 4.69) is 15.6 Å². The number of hydrogen-bond donors (Lipinski definition) is 2. The zero-order valence-corrected chi connectivity index (χ0v) is 14.5. The summed E-state index contributed by atoms with van der Waals surface area (Å²) >= 11 is 0. The highest BCUT2D eigenvalue weighted by molar-refractivity contribution is 6.03. The minimum Gasteiger partial charge on any atom is -0.350 e. The lowest BCUT2D eigenvalue weighted by Crippen LogP contribution is -2.28. The molecule has 2 amide bonds. The van der Waals surface area contributed by atoms with Crippen LogP contribution in [0, 0.1) is 19.8 Å². The average molecular weight is 325 g/mol. The van der Waals surface area contributed by atoms with E-state index in [-0.39, 0.29) is 23.2 Å². The SMILES string of the molecule is Cc1cc(C)cc(NC(=O)c2cccc(C(=O)NCC(C)C)n2)c1. The molecule has 0 unspecified atom stereocenters. The van der Waals surface area contributed by atoms with E-state index in [1.54, 1.807) is 18.2 Å². The van der Waals surface area contributed by atoms with Gasteiger partial charge in [-0.05, 0) is 55.2 Å². The molecule has 2 aromatic rings. The van der Waals surface area contributed by atoms with Gasteiger partial charge in [-0.15, -0.1) is 0 Å². The van der Waals surface area contributed by atoms with Crippen LogP contribution < -0.4 is 10.6 Å².